The first kappa shape index (κ1) is 25.5. The van der Waals surface area contributed by atoms with Gasteiger partial charge in [-0.3, -0.25) is 4.99 Å². The first-order valence-corrected chi connectivity index (χ1v) is 15.2. The molecule has 2 atom stereocenters. The Morgan fingerprint density at radius 2 is 0.977 bits per heavy atom. The van der Waals surface area contributed by atoms with E-state index in [1.807, 2.05) is 0 Å². The van der Waals surface area contributed by atoms with Crippen molar-refractivity contribution in [1.29, 1.82) is 0 Å². The van der Waals surface area contributed by atoms with Crippen LogP contribution in [0.2, 0.25) is 0 Å². The molecule has 2 nitrogen and oxygen atoms in total. The summed E-state index contributed by atoms with van der Waals surface area (Å²) in [5.41, 5.74) is 8.70. The van der Waals surface area contributed by atoms with E-state index in [2.05, 4.69) is 164 Å². The second-order valence-corrected chi connectivity index (χ2v) is 11.4. The third kappa shape index (κ3) is 4.30. The molecule has 6 aromatic carbocycles. The second kappa shape index (κ2) is 10.6. The highest BCUT2D eigenvalue weighted by molar-refractivity contribution is 6.21. The first-order valence-electron chi connectivity index (χ1n) is 15.2. The van der Waals surface area contributed by atoms with Crippen LogP contribution in [0.25, 0.3) is 54.9 Å². The molecule has 2 heteroatoms. The van der Waals surface area contributed by atoms with Crippen molar-refractivity contribution in [2.45, 2.75) is 25.4 Å². The molecule has 206 valence electrons. The molecular weight excluding hydrogens is 520 g/mol. The zero-order chi connectivity index (χ0) is 28.8. The van der Waals surface area contributed by atoms with E-state index in [4.69, 9.17) is 4.99 Å². The Hall–Kier alpha value is -5.21. The van der Waals surface area contributed by atoms with Crippen molar-refractivity contribution in [3.05, 3.63) is 152 Å². The highest BCUT2D eigenvalue weighted by Gasteiger charge is 2.34. The summed E-state index contributed by atoms with van der Waals surface area (Å²) in [6.07, 6.45) is 9.66. The monoisotopic (exact) mass is 552 g/mol. The minimum absolute atomic E-state index is 0.196. The molecule has 0 N–H and O–H groups in total. The lowest BCUT2D eigenvalue weighted by Crippen LogP contribution is -2.38. The summed E-state index contributed by atoms with van der Waals surface area (Å²) in [5.74, 6) is 1.15. The summed E-state index contributed by atoms with van der Waals surface area (Å²) in [6, 6.07) is 47.0. The van der Waals surface area contributed by atoms with Gasteiger partial charge in [-0.15, -0.1) is 0 Å². The maximum absolute atomic E-state index is 5.01. The van der Waals surface area contributed by atoms with Crippen molar-refractivity contribution in [3.8, 4) is 33.4 Å². The number of anilines is 1. The predicted molar refractivity (Wildman–Crippen MR) is 184 cm³/mol. The van der Waals surface area contributed by atoms with E-state index in [1.54, 1.807) is 0 Å². The quantitative estimate of drug-likeness (QED) is 0.194. The number of fused-ring (bicyclic) bond motifs is 3. The van der Waals surface area contributed by atoms with Crippen LogP contribution >= 0.6 is 0 Å². The molecule has 0 amide bonds. The Labute approximate surface area is 253 Å². The number of hydrogen-bond donors (Lipinski definition) is 0. The summed E-state index contributed by atoms with van der Waals surface area (Å²) in [4.78, 5) is 7.42. The zero-order valence-corrected chi connectivity index (χ0v) is 24.2. The molecule has 8 rings (SSSR count). The molecule has 0 aromatic heterocycles. The molecule has 0 radical (unpaired) electrons. The molecule has 1 heterocycles. The van der Waals surface area contributed by atoms with Gasteiger partial charge in [-0.1, -0.05) is 146 Å². The number of rotatable bonds is 5. The molecule has 6 aromatic rings. The van der Waals surface area contributed by atoms with Gasteiger partial charge in [-0.05, 0) is 67.1 Å². The fourth-order valence-electron chi connectivity index (χ4n) is 6.93. The smallest absolute Gasteiger partial charge is 0.104 e. The molecular formula is C41H32N2. The summed E-state index contributed by atoms with van der Waals surface area (Å²) in [5, 5.41) is 5.09. The maximum Gasteiger partial charge on any atom is 0.104 e. The standard InChI is InChI=1S/C41H32N2/c1-2-39-42-37-18-10-11-19-38(37)43(39)32-26-24-31(25-27-32)41-35-16-8-6-14-33(35)40(34-15-7-9-17-36(34)41)30-22-20-29(21-23-30)28-12-4-3-5-13-28/h3-27,37-38H,2H2,1H3. The van der Waals surface area contributed by atoms with Crippen LogP contribution < -0.4 is 4.90 Å². The maximum atomic E-state index is 5.01. The van der Waals surface area contributed by atoms with Crippen LogP contribution in [-0.2, 0) is 0 Å². The van der Waals surface area contributed by atoms with Crippen LogP contribution in [0.4, 0.5) is 5.69 Å². The molecule has 0 spiro atoms. The lowest BCUT2D eigenvalue weighted by Gasteiger charge is -2.29. The number of allylic oxidation sites excluding steroid dienone is 2. The summed E-state index contributed by atoms with van der Waals surface area (Å²) in [7, 11) is 0. The van der Waals surface area contributed by atoms with Gasteiger partial charge in [0.1, 0.15) is 5.84 Å². The molecule has 2 aliphatic rings. The number of nitrogens with zero attached hydrogens (tertiary/aromatic N) is 2. The lowest BCUT2D eigenvalue weighted by atomic mass is 9.85. The Bertz CT molecular complexity index is 1990. The average molecular weight is 553 g/mol. The first-order chi connectivity index (χ1) is 21.3. The van der Waals surface area contributed by atoms with E-state index in [1.165, 1.54) is 60.6 Å². The van der Waals surface area contributed by atoms with Crippen molar-refractivity contribution in [1.82, 2.24) is 0 Å². The van der Waals surface area contributed by atoms with Gasteiger partial charge in [-0.2, -0.15) is 0 Å². The molecule has 1 aliphatic heterocycles. The van der Waals surface area contributed by atoms with Gasteiger partial charge < -0.3 is 4.90 Å². The van der Waals surface area contributed by atoms with Crippen LogP contribution in [0.3, 0.4) is 0 Å². The fraction of sp³-hybridized carbons (Fsp3) is 0.0976. The van der Waals surface area contributed by atoms with Crippen LogP contribution in [-0.4, -0.2) is 17.9 Å². The van der Waals surface area contributed by atoms with E-state index in [0.29, 0.717) is 0 Å². The normalized spacial score (nSPS) is 17.4. The SMILES string of the molecule is CCC1=NC2C=CC=CC2N1c1ccc(-c2c3ccccc3c(-c3ccc(-c4ccccc4)cc3)c3ccccc23)cc1. The Kier molecular flexibility index (Phi) is 6.26. The summed E-state index contributed by atoms with van der Waals surface area (Å²) in [6.45, 7) is 2.19. The van der Waals surface area contributed by atoms with Crippen LogP contribution in [0.15, 0.2) is 157 Å². The van der Waals surface area contributed by atoms with E-state index in [-0.39, 0.29) is 12.1 Å². The Balaban J connectivity index is 1.26. The van der Waals surface area contributed by atoms with Crippen LogP contribution in [0.1, 0.15) is 13.3 Å². The van der Waals surface area contributed by atoms with Gasteiger partial charge in [0.05, 0.1) is 12.1 Å². The molecule has 0 saturated heterocycles. The number of aliphatic imine (C=N–C) groups is 1. The van der Waals surface area contributed by atoms with Crippen LogP contribution in [0.5, 0.6) is 0 Å². The van der Waals surface area contributed by atoms with Crippen molar-refractivity contribution in [2.24, 2.45) is 4.99 Å². The van der Waals surface area contributed by atoms with Gasteiger partial charge in [-0.25, -0.2) is 0 Å². The van der Waals surface area contributed by atoms with Crippen LogP contribution in [0, 0.1) is 0 Å². The third-order valence-electron chi connectivity index (χ3n) is 8.91. The topological polar surface area (TPSA) is 15.6 Å². The Morgan fingerprint density at radius 1 is 0.512 bits per heavy atom. The van der Waals surface area contributed by atoms with Crippen molar-refractivity contribution < 1.29 is 0 Å². The van der Waals surface area contributed by atoms with E-state index in [9.17, 15) is 0 Å². The van der Waals surface area contributed by atoms with Gasteiger partial charge >= 0.3 is 0 Å². The molecule has 0 saturated carbocycles. The summed E-state index contributed by atoms with van der Waals surface area (Å²) < 4.78 is 0. The molecule has 0 fully saturated rings. The minimum Gasteiger partial charge on any atom is -0.321 e. The van der Waals surface area contributed by atoms with E-state index >= 15 is 0 Å². The van der Waals surface area contributed by atoms with Gasteiger partial charge in [0.2, 0.25) is 0 Å². The average Bonchev–Trinajstić information content (AvgIpc) is 3.47. The van der Waals surface area contributed by atoms with E-state index < -0.39 is 0 Å². The Morgan fingerprint density at radius 3 is 1.53 bits per heavy atom. The predicted octanol–water partition coefficient (Wildman–Crippen LogP) is 10.5. The lowest BCUT2D eigenvalue weighted by molar-refractivity contribution is 0.739. The van der Waals surface area contributed by atoms with E-state index in [0.717, 1.165) is 12.3 Å². The molecule has 43 heavy (non-hydrogen) atoms. The number of amidine groups is 1. The number of benzene rings is 6. The highest BCUT2D eigenvalue weighted by Crippen LogP contribution is 2.44. The van der Waals surface area contributed by atoms with Crippen molar-refractivity contribution >= 4 is 33.1 Å². The zero-order valence-electron chi connectivity index (χ0n) is 24.2. The van der Waals surface area contributed by atoms with Gasteiger partial charge in [0, 0.05) is 12.1 Å². The van der Waals surface area contributed by atoms with Gasteiger partial charge in [0.25, 0.3) is 0 Å². The highest BCUT2D eigenvalue weighted by atomic mass is 15.3. The van der Waals surface area contributed by atoms with Crippen molar-refractivity contribution in [3.63, 3.8) is 0 Å². The second-order valence-electron chi connectivity index (χ2n) is 11.4. The van der Waals surface area contributed by atoms with Gasteiger partial charge in [0.15, 0.2) is 0 Å². The minimum atomic E-state index is 0.196. The molecule has 2 unspecified atom stereocenters. The molecule has 1 aliphatic carbocycles. The fourth-order valence-corrected chi connectivity index (χ4v) is 6.93. The third-order valence-corrected chi connectivity index (χ3v) is 8.91. The number of hydrogen-bond acceptors (Lipinski definition) is 2. The largest absolute Gasteiger partial charge is 0.321 e. The molecule has 0 bridgehead atoms. The van der Waals surface area contributed by atoms with Crippen molar-refractivity contribution in [2.75, 3.05) is 4.90 Å². The summed E-state index contributed by atoms with van der Waals surface area (Å²) >= 11 is 0.